The van der Waals surface area contributed by atoms with Crippen molar-refractivity contribution in [3.8, 4) is 0 Å². The molecule has 4 heteroatoms. The van der Waals surface area contributed by atoms with Gasteiger partial charge in [-0.05, 0) is 32.6 Å². The van der Waals surface area contributed by atoms with Gasteiger partial charge in [0.1, 0.15) is 0 Å². The van der Waals surface area contributed by atoms with Gasteiger partial charge in [0.25, 0.3) is 0 Å². The molecular formula is C12H22N2O2. The van der Waals surface area contributed by atoms with E-state index in [-0.39, 0.29) is 11.5 Å². The Morgan fingerprint density at radius 1 is 1.56 bits per heavy atom. The Morgan fingerprint density at radius 2 is 2.44 bits per heavy atom. The minimum atomic E-state index is -0.0111. The predicted octanol–water partition coefficient (Wildman–Crippen LogP) is 0.814. The summed E-state index contributed by atoms with van der Waals surface area (Å²) in [6, 6.07) is 0.323. The summed E-state index contributed by atoms with van der Waals surface area (Å²) < 4.78 is 5.73. The number of carbonyl (C=O) groups is 1. The number of hydrogen-bond acceptors (Lipinski definition) is 3. The average Bonchev–Trinajstić information content (AvgIpc) is 2.57. The maximum Gasteiger partial charge on any atom is 0.221 e. The summed E-state index contributed by atoms with van der Waals surface area (Å²) in [5.41, 5.74) is -0.0111. The van der Waals surface area contributed by atoms with Crippen LogP contribution in [0.1, 0.15) is 39.0 Å². The molecule has 0 bridgehead atoms. The molecule has 0 aliphatic carbocycles. The fraction of sp³-hybridized carbons (Fsp3) is 0.917. The molecule has 0 radical (unpaired) electrons. The summed E-state index contributed by atoms with van der Waals surface area (Å²) in [7, 11) is 0. The molecule has 0 spiro atoms. The van der Waals surface area contributed by atoms with E-state index in [1.165, 1.54) is 0 Å². The van der Waals surface area contributed by atoms with Crippen LogP contribution in [0.15, 0.2) is 0 Å². The summed E-state index contributed by atoms with van der Waals surface area (Å²) in [5.74, 6) is 0.174. The number of rotatable bonds is 3. The lowest BCUT2D eigenvalue weighted by atomic mass is 10.0. The lowest BCUT2D eigenvalue weighted by Gasteiger charge is -2.26. The Morgan fingerprint density at radius 3 is 3.19 bits per heavy atom. The number of carbonyl (C=O) groups excluding carboxylic acids is 1. The second kappa shape index (κ2) is 5.15. The summed E-state index contributed by atoms with van der Waals surface area (Å²) in [4.78, 5) is 11.4. The molecule has 2 N–H and O–H groups in total. The Hall–Kier alpha value is -0.610. The highest BCUT2D eigenvalue weighted by atomic mass is 16.5. The van der Waals surface area contributed by atoms with Crippen LogP contribution in [0, 0.1) is 0 Å². The van der Waals surface area contributed by atoms with Crippen LogP contribution in [0.2, 0.25) is 0 Å². The maximum atomic E-state index is 11.4. The zero-order chi connectivity index (χ0) is 11.4. The van der Waals surface area contributed by atoms with Crippen LogP contribution in [0.25, 0.3) is 0 Å². The van der Waals surface area contributed by atoms with Crippen LogP contribution < -0.4 is 10.6 Å². The van der Waals surface area contributed by atoms with Gasteiger partial charge in [0.05, 0.1) is 5.60 Å². The standard InChI is InChI=1S/C12H22N2O2/c1-12(5-3-7-16-12)9-14-10-4-2-6-13-11(15)8-10/h10,14H,2-9H2,1H3,(H,13,15). The average molecular weight is 226 g/mol. The van der Waals surface area contributed by atoms with Gasteiger partial charge in [-0.25, -0.2) is 0 Å². The third-order valence-corrected chi connectivity index (χ3v) is 3.55. The van der Waals surface area contributed by atoms with Crippen LogP contribution in [0.5, 0.6) is 0 Å². The van der Waals surface area contributed by atoms with E-state index in [1.807, 2.05) is 0 Å². The van der Waals surface area contributed by atoms with Crippen molar-refractivity contribution in [3.05, 3.63) is 0 Å². The van der Waals surface area contributed by atoms with Crippen LogP contribution in [0.3, 0.4) is 0 Å². The highest BCUT2D eigenvalue weighted by Crippen LogP contribution is 2.24. The van der Waals surface area contributed by atoms with Gasteiger partial charge in [-0.2, -0.15) is 0 Å². The van der Waals surface area contributed by atoms with Crippen molar-refractivity contribution >= 4 is 5.91 Å². The van der Waals surface area contributed by atoms with E-state index in [0.717, 1.165) is 45.4 Å². The van der Waals surface area contributed by atoms with Gasteiger partial charge in [-0.15, -0.1) is 0 Å². The van der Waals surface area contributed by atoms with Crippen LogP contribution in [-0.2, 0) is 9.53 Å². The van der Waals surface area contributed by atoms with Gasteiger partial charge in [0, 0.05) is 32.2 Å². The second-order valence-corrected chi connectivity index (χ2v) is 5.18. The van der Waals surface area contributed by atoms with Crippen molar-refractivity contribution in [1.29, 1.82) is 0 Å². The van der Waals surface area contributed by atoms with Gasteiger partial charge in [-0.3, -0.25) is 4.79 Å². The molecule has 2 rings (SSSR count). The highest BCUT2D eigenvalue weighted by molar-refractivity contribution is 5.76. The highest BCUT2D eigenvalue weighted by Gasteiger charge is 2.30. The van der Waals surface area contributed by atoms with E-state index in [4.69, 9.17) is 4.74 Å². The Bertz CT molecular complexity index is 249. The van der Waals surface area contributed by atoms with Crippen molar-refractivity contribution < 1.29 is 9.53 Å². The molecule has 4 nitrogen and oxygen atoms in total. The maximum absolute atomic E-state index is 11.4. The lowest BCUT2D eigenvalue weighted by Crippen LogP contribution is -2.43. The van der Waals surface area contributed by atoms with Crippen molar-refractivity contribution in [3.63, 3.8) is 0 Å². The molecule has 1 amide bonds. The first-order valence-corrected chi connectivity index (χ1v) is 6.32. The monoisotopic (exact) mass is 226 g/mol. The molecule has 92 valence electrons. The topological polar surface area (TPSA) is 50.4 Å². The van der Waals surface area contributed by atoms with Gasteiger partial charge in [0.15, 0.2) is 0 Å². The molecule has 0 aromatic carbocycles. The minimum absolute atomic E-state index is 0.0111. The first-order chi connectivity index (χ1) is 7.68. The van der Waals surface area contributed by atoms with Crippen LogP contribution >= 0.6 is 0 Å². The largest absolute Gasteiger partial charge is 0.374 e. The Labute approximate surface area is 97.1 Å². The molecule has 2 aliphatic heterocycles. The zero-order valence-corrected chi connectivity index (χ0v) is 10.1. The van der Waals surface area contributed by atoms with Crippen molar-refractivity contribution in [1.82, 2.24) is 10.6 Å². The van der Waals surface area contributed by atoms with E-state index in [0.29, 0.717) is 12.5 Å². The fourth-order valence-corrected chi connectivity index (χ4v) is 2.49. The quantitative estimate of drug-likeness (QED) is 0.749. The predicted molar refractivity (Wildman–Crippen MR) is 62.2 cm³/mol. The summed E-state index contributed by atoms with van der Waals surface area (Å²) in [6.45, 7) is 4.73. The lowest BCUT2D eigenvalue weighted by molar-refractivity contribution is -0.121. The number of amides is 1. The van der Waals surface area contributed by atoms with Crippen molar-refractivity contribution in [2.45, 2.75) is 50.7 Å². The molecule has 16 heavy (non-hydrogen) atoms. The van der Waals surface area contributed by atoms with E-state index in [9.17, 15) is 4.79 Å². The number of ether oxygens (including phenoxy) is 1. The van der Waals surface area contributed by atoms with E-state index in [1.54, 1.807) is 0 Å². The first-order valence-electron chi connectivity index (χ1n) is 6.32. The molecule has 0 aromatic rings. The third-order valence-electron chi connectivity index (χ3n) is 3.55. The Kier molecular flexibility index (Phi) is 3.82. The number of hydrogen-bond donors (Lipinski definition) is 2. The van der Waals surface area contributed by atoms with Gasteiger partial charge in [0.2, 0.25) is 5.91 Å². The van der Waals surface area contributed by atoms with Crippen LogP contribution in [-0.4, -0.2) is 37.2 Å². The number of nitrogens with one attached hydrogen (secondary N) is 2. The van der Waals surface area contributed by atoms with Crippen molar-refractivity contribution in [2.75, 3.05) is 19.7 Å². The van der Waals surface area contributed by atoms with E-state index in [2.05, 4.69) is 17.6 Å². The van der Waals surface area contributed by atoms with Gasteiger partial charge in [-0.1, -0.05) is 0 Å². The van der Waals surface area contributed by atoms with E-state index >= 15 is 0 Å². The minimum Gasteiger partial charge on any atom is -0.374 e. The molecule has 0 saturated carbocycles. The first kappa shape index (κ1) is 11.9. The molecular weight excluding hydrogens is 204 g/mol. The van der Waals surface area contributed by atoms with Crippen molar-refractivity contribution in [2.24, 2.45) is 0 Å². The molecule has 2 saturated heterocycles. The smallest absolute Gasteiger partial charge is 0.221 e. The summed E-state index contributed by atoms with van der Waals surface area (Å²) >= 11 is 0. The third kappa shape index (κ3) is 3.19. The zero-order valence-electron chi connectivity index (χ0n) is 10.1. The van der Waals surface area contributed by atoms with Gasteiger partial charge < -0.3 is 15.4 Å². The van der Waals surface area contributed by atoms with Gasteiger partial charge >= 0.3 is 0 Å². The SMILES string of the molecule is CC1(CNC2CCCNC(=O)C2)CCCO1. The Balaban J connectivity index is 1.77. The molecule has 2 aliphatic rings. The summed E-state index contributed by atoms with van der Waals surface area (Å²) in [5, 5.41) is 6.39. The molecule has 2 unspecified atom stereocenters. The van der Waals surface area contributed by atoms with E-state index < -0.39 is 0 Å². The van der Waals surface area contributed by atoms with Crippen LogP contribution in [0.4, 0.5) is 0 Å². The second-order valence-electron chi connectivity index (χ2n) is 5.18. The molecule has 2 fully saturated rings. The fourth-order valence-electron chi connectivity index (χ4n) is 2.49. The molecule has 0 aromatic heterocycles. The molecule has 2 atom stereocenters. The molecule has 2 heterocycles. The normalized spacial score (nSPS) is 35.8. The summed E-state index contributed by atoms with van der Waals surface area (Å²) in [6.07, 6.45) is 5.04.